The summed E-state index contributed by atoms with van der Waals surface area (Å²) >= 11 is 6.28. The lowest BCUT2D eigenvalue weighted by Gasteiger charge is -2.29. The van der Waals surface area contributed by atoms with E-state index in [1.54, 1.807) is 23.1 Å². The molecule has 1 aliphatic rings. The average molecular weight is 550 g/mol. The molecular weight excluding hydrogens is 523 g/mol. The number of carboxylic acid groups (broad SMARTS) is 1. The summed E-state index contributed by atoms with van der Waals surface area (Å²) in [5.41, 5.74) is 2.37. The SMILES string of the molecule is Cc1ccc(C(=O)N(CCS(=O)(=O)N2CCNCC2)Cc2ccccc2Cl)cc1.O=C(O)C(F)(F)F. The third-order valence-corrected chi connectivity index (χ3v) is 7.45. The van der Waals surface area contributed by atoms with Crippen LogP contribution in [0.2, 0.25) is 5.02 Å². The van der Waals surface area contributed by atoms with Crippen molar-refractivity contribution in [3.05, 3.63) is 70.2 Å². The van der Waals surface area contributed by atoms with Crippen molar-refractivity contribution in [1.29, 1.82) is 0 Å². The number of nitrogens with zero attached hydrogens (tertiary/aromatic N) is 2. The van der Waals surface area contributed by atoms with Crippen LogP contribution in [-0.4, -0.2) is 79.3 Å². The highest BCUT2D eigenvalue weighted by Gasteiger charge is 2.38. The molecule has 1 aliphatic heterocycles. The third-order valence-electron chi connectivity index (χ3n) is 5.24. The van der Waals surface area contributed by atoms with Gasteiger partial charge in [0.2, 0.25) is 10.0 Å². The summed E-state index contributed by atoms with van der Waals surface area (Å²) in [4.78, 5) is 23.6. The first kappa shape index (κ1) is 29.6. The summed E-state index contributed by atoms with van der Waals surface area (Å²) in [7, 11) is -3.44. The fourth-order valence-electron chi connectivity index (χ4n) is 3.24. The number of carbonyl (C=O) groups is 2. The molecule has 2 aromatic rings. The molecule has 0 aliphatic carbocycles. The van der Waals surface area contributed by atoms with Gasteiger partial charge in [0.15, 0.2) is 0 Å². The first-order chi connectivity index (χ1) is 16.8. The van der Waals surface area contributed by atoms with Gasteiger partial charge >= 0.3 is 12.1 Å². The molecule has 0 radical (unpaired) electrons. The summed E-state index contributed by atoms with van der Waals surface area (Å²) in [5.74, 6) is -3.08. The van der Waals surface area contributed by atoms with Gasteiger partial charge in [-0.2, -0.15) is 17.5 Å². The van der Waals surface area contributed by atoms with E-state index in [0.717, 1.165) is 11.1 Å². The lowest BCUT2D eigenvalue weighted by atomic mass is 10.1. The van der Waals surface area contributed by atoms with E-state index in [-0.39, 0.29) is 24.7 Å². The Morgan fingerprint density at radius 3 is 2.17 bits per heavy atom. The van der Waals surface area contributed by atoms with Crippen molar-refractivity contribution in [1.82, 2.24) is 14.5 Å². The number of carboxylic acids is 1. The van der Waals surface area contributed by atoms with Gasteiger partial charge in [-0.05, 0) is 30.7 Å². The number of piperazine rings is 1. The van der Waals surface area contributed by atoms with Crippen molar-refractivity contribution in [3.63, 3.8) is 0 Å². The zero-order valence-corrected chi connectivity index (χ0v) is 21.0. The van der Waals surface area contributed by atoms with E-state index in [1.165, 1.54) is 4.31 Å². The zero-order chi connectivity index (χ0) is 26.9. The highest BCUT2D eigenvalue weighted by Crippen LogP contribution is 2.19. The van der Waals surface area contributed by atoms with E-state index in [9.17, 15) is 26.4 Å². The van der Waals surface area contributed by atoms with Crippen molar-refractivity contribution in [2.75, 3.05) is 38.5 Å². The molecule has 3 rings (SSSR count). The number of sulfonamides is 1. The molecule has 0 unspecified atom stereocenters. The molecule has 13 heteroatoms. The maximum absolute atomic E-state index is 13.1. The van der Waals surface area contributed by atoms with Gasteiger partial charge in [0.05, 0.1) is 5.75 Å². The van der Waals surface area contributed by atoms with E-state index in [2.05, 4.69) is 5.32 Å². The summed E-state index contributed by atoms with van der Waals surface area (Å²) in [5, 5.41) is 10.8. The highest BCUT2D eigenvalue weighted by molar-refractivity contribution is 7.89. The Hall–Kier alpha value is -2.67. The first-order valence-corrected chi connectivity index (χ1v) is 12.9. The Balaban J connectivity index is 0.000000572. The minimum atomic E-state index is -5.08. The number of rotatable bonds is 7. The van der Waals surface area contributed by atoms with Gasteiger partial charge in [0, 0.05) is 49.9 Å². The molecule has 1 saturated heterocycles. The van der Waals surface area contributed by atoms with Crippen LogP contribution in [0.5, 0.6) is 0 Å². The van der Waals surface area contributed by atoms with Crippen LogP contribution < -0.4 is 5.32 Å². The molecule has 8 nitrogen and oxygen atoms in total. The topological polar surface area (TPSA) is 107 Å². The van der Waals surface area contributed by atoms with Crippen LogP contribution in [-0.2, 0) is 21.4 Å². The van der Waals surface area contributed by atoms with Gasteiger partial charge in [-0.3, -0.25) is 4.79 Å². The minimum absolute atomic E-state index is 0.101. The molecule has 1 amide bonds. The Labute approximate surface area is 212 Å². The number of hydrogen-bond donors (Lipinski definition) is 2. The van der Waals surface area contributed by atoms with Gasteiger partial charge in [0.25, 0.3) is 5.91 Å². The fraction of sp³-hybridized carbons (Fsp3) is 0.391. The number of aliphatic carboxylic acids is 1. The minimum Gasteiger partial charge on any atom is -0.475 e. The monoisotopic (exact) mass is 549 g/mol. The highest BCUT2D eigenvalue weighted by atomic mass is 35.5. The summed E-state index contributed by atoms with van der Waals surface area (Å²) < 4.78 is 58.7. The Kier molecular flexibility index (Phi) is 10.7. The number of nitrogens with one attached hydrogen (secondary N) is 1. The van der Waals surface area contributed by atoms with Crippen molar-refractivity contribution in [3.8, 4) is 0 Å². The van der Waals surface area contributed by atoms with Gasteiger partial charge < -0.3 is 15.3 Å². The van der Waals surface area contributed by atoms with Crippen LogP contribution in [0.1, 0.15) is 21.5 Å². The summed E-state index contributed by atoms with van der Waals surface area (Å²) in [6, 6.07) is 14.6. The van der Waals surface area contributed by atoms with Crippen LogP contribution in [0.3, 0.4) is 0 Å². The molecule has 0 saturated carbocycles. The van der Waals surface area contributed by atoms with Crippen LogP contribution in [0, 0.1) is 6.92 Å². The van der Waals surface area contributed by atoms with Crippen molar-refractivity contribution in [2.24, 2.45) is 0 Å². The molecule has 2 N–H and O–H groups in total. The molecule has 0 aromatic heterocycles. The molecule has 0 spiro atoms. The Morgan fingerprint density at radius 1 is 1.08 bits per heavy atom. The van der Waals surface area contributed by atoms with Crippen molar-refractivity contribution in [2.45, 2.75) is 19.6 Å². The third kappa shape index (κ3) is 9.08. The van der Waals surface area contributed by atoms with Crippen LogP contribution >= 0.6 is 11.6 Å². The summed E-state index contributed by atoms with van der Waals surface area (Å²) in [6.07, 6.45) is -5.08. The number of alkyl halides is 3. The maximum Gasteiger partial charge on any atom is 0.490 e. The molecule has 0 atom stereocenters. The molecule has 198 valence electrons. The van der Waals surface area contributed by atoms with Crippen LogP contribution in [0.15, 0.2) is 48.5 Å². The predicted molar refractivity (Wildman–Crippen MR) is 129 cm³/mol. The maximum atomic E-state index is 13.1. The number of aryl methyl sites for hydroxylation is 1. The van der Waals surface area contributed by atoms with E-state index < -0.39 is 22.2 Å². The second kappa shape index (κ2) is 13.0. The van der Waals surface area contributed by atoms with Crippen LogP contribution in [0.4, 0.5) is 13.2 Å². The van der Waals surface area contributed by atoms with E-state index in [0.29, 0.717) is 36.8 Å². The largest absolute Gasteiger partial charge is 0.490 e. The lowest BCUT2D eigenvalue weighted by molar-refractivity contribution is -0.192. The number of carbonyl (C=O) groups excluding carboxylic acids is 1. The number of hydrogen-bond acceptors (Lipinski definition) is 5. The number of amides is 1. The van der Waals surface area contributed by atoms with Crippen molar-refractivity contribution >= 4 is 33.5 Å². The fourth-order valence-corrected chi connectivity index (χ4v) is 4.88. The van der Waals surface area contributed by atoms with Gasteiger partial charge in [-0.15, -0.1) is 0 Å². The smallest absolute Gasteiger partial charge is 0.475 e. The molecule has 36 heavy (non-hydrogen) atoms. The van der Waals surface area contributed by atoms with Gasteiger partial charge in [-0.25, -0.2) is 13.2 Å². The van der Waals surface area contributed by atoms with E-state index in [1.807, 2.05) is 37.3 Å². The predicted octanol–water partition coefficient (Wildman–Crippen LogP) is 3.16. The normalized spacial score (nSPS) is 14.5. The van der Waals surface area contributed by atoms with Crippen molar-refractivity contribution < 1.29 is 36.3 Å². The second-order valence-corrected chi connectivity index (χ2v) is 10.4. The first-order valence-electron chi connectivity index (χ1n) is 10.9. The molecule has 1 heterocycles. The molecule has 0 bridgehead atoms. The van der Waals surface area contributed by atoms with Gasteiger partial charge in [0.1, 0.15) is 0 Å². The van der Waals surface area contributed by atoms with E-state index >= 15 is 0 Å². The average Bonchev–Trinajstić information content (AvgIpc) is 2.83. The second-order valence-electron chi connectivity index (χ2n) is 7.95. The molecular formula is C23H27ClF3N3O5S. The lowest BCUT2D eigenvalue weighted by Crippen LogP contribution is -2.48. The van der Waals surface area contributed by atoms with Gasteiger partial charge in [-0.1, -0.05) is 47.5 Å². The quantitative estimate of drug-likeness (QED) is 0.549. The van der Waals surface area contributed by atoms with Crippen LogP contribution in [0.25, 0.3) is 0 Å². The standard InChI is InChI=1S/C21H26ClN3O3S.C2HF3O2/c1-17-6-8-18(9-7-17)21(26)24(16-19-4-2-3-5-20(19)22)14-15-29(27,28)25-12-10-23-11-13-25;3-2(4,5)1(6)7/h2-9,23H,10-16H2,1H3;(H,6,7). The Bertz CT molecular complexity index is 1140. The zero-order valence-electron chi connectivity index (χ0n) is 19.5. The Morgan fingerprint density at radius 2 is 1.64 bits per heavy atom. The molecule has 2 aromatic carbocycles. The number of benzene rings is 2. The summed E-state index contributed by atoms with van der Waals surface area (Å²) in [6.45, 7) is 4.51. The number of halogens is 4. The van der Waals surface area contributed by atoms with E-state index in [4.69, 9.17) is 21.5 Å². The molecule has 1 fully saturated rings.